The Morgan fingerprint density at radius 3 is 2.71 bits per heavy atom. The fourth-order valence-electron chi connectivity index (χ4n) is 3.15. The van der Waals surface area contributed by atoms with Gasteiger partial charge < -0.3 is 15.0 Å². The van der Waals surface area contributed by atoms with Crippen LogP contribution in [0.15, 0.2) is 48.5 Å². The molecule has 0 saturated carbocycles. The van der Waals surface area contributed by atoms with E-state index in [0.717, 1.165) is 24.7 Å². The van der Waals surface area contributed by atoms with Crippen molar-refractivity contribution in [2.24, 2.45) is 5.92 Å². The molecule has 2 aromatic carbocycles. The van der Waals surface area contributed by atoms with Crippen molar-refractivity contribution in [3.8, 4) is 5.75 Å². The first kappa shape index (κ1) is 16.4. The van der Waals surface area contributed by atoms with E-state index in [-0.39, 0.29) is 5.91 Å². The SMILES string of the molecule is COc1cccc(C(=O)Nc2ccc(N3CCCC(C)C3)cc2)c1. The van der Waals surface area contributed by atoms with Gasteiger partial charge in [0.05, 0.1) is 7.11 Å². The molecule has 1 heterocycles. The van der Waals surface area contributed by atoms with Crippen LogP contribution in [-0.2, 0) is 0 Å². The van der Waals surface area contributed by atoms with Gasteiger partial charge in [0.2, 0.25) is 0 Å². The lowest BCUT2D eigenvalue weighted by Crippen LogP contribution is -2.34. The molecule has 1 amide bonds. The van der Waals surface area contributed by atoms with Gasteiger partial charge in [-0.1, -0.05) is 13.0 Å². The molecule has 0 aliphatic carbocycles. The molecule has 3 rings (SSSR count). The molecule has 1 atom stereocenters. The fourth-order valence-corrected chi connectivity index (χ4v) is 3.15. The summed E-state index contributed by atoms with van der Waals surface area (Å²) in [6, 6.07) is 15.2. The molecule has 4 heteroatoms. The van der Waals surface area contributed by atoms with Gasteiger partial charge in [-0.2, -0.15) is 0 Å². The van der Waals surface area contributed by atoms with Gasteiger partial charge in [0.1, 0.15) is 5.75 Å². The monoisotopic (exact) mass is 324 g/mol. The maximum absolute atomic E-state index is 12.3. The third kappa shape index (κ3) is 3.88. The summed E-state index contributed by atoms with van der Waals surface area (Å²) in [4.78, 5) is 14.8. The van der Waals surface area contributed by atoms with Crippen LogP contribution in [0, 0.1) is 5.92 Å². The van der Waals surface area contributed by atoms with E-state index in [1.807, 2.05) is 24.3 Å². The number of nitrogens with zero attached hydrogens (tertiary/aromatic N) is 1. The van der Waals surface area contributed by atoms with Crippen LogP contribution in [-0.4, -0.2) is 26.1 Å². The number of carbonyl (C=O) groups is 1. The summed E-state index contributed by atoms with van der Waals surface area (Å²) in [5.74, 6) is 1.29. The van der Waals surface area contributed by atoms with Gasteiger partial charge in [0.15, 0.2) is 0 Å². The van der Waals surface area contributed by atoms with Gasteiger partial charge in [0, 0.05) is 30.0 Å². The number of benzene rings is 2. The Kier molecular flexibility index (Phi) is 5.04. The second-order valence-electron chi connectivity index (χ2n) is 6.43. The molecule has 24 heavy (non-hydrogen) atoms. The molecule has 2 aromatic rings. The molecular formula is C20H24N2O2. The zero-order valence-corrected chi connectivity index (χ0v) is 14.3. The third-order valence-corrected chi connectivity index (χ3v) is 4.48. The minimum Gasteiger partial charge on any atom is -0.497 e. The highest BCUT2D eigenvalue weighted by molar-refractivity contribution is 6.04. The molecule has 0 aromatic heterocycles. The van der Waals surface area contributed by atoms with Crippen LogP contribution in [0.4, 0.5) is 11.4 Å². The van der Waals surface area contributed by atoms with Crippen molar-refractivity contribution in [1.29, 1.82) is 0 Å². The zero-order valence-electron chi connectivity index (χ0n) is 14.3. The Labute approximate surface area is 143 Å². The lowest BCUT2D eigenvalue weighted by molar-refractivity contribution is 0.102. The molecule has 0 bridgehead atoms. The Hall–Kier alpha value is -2.49. The Morgan fingerprint density at radius 1 is 1.21 bits per heavy atom. The number of piperidine rings is 1. The molecule has 4 nitrogen and oxygen atoms in total. The van der Waals surface area contributed by atoms with Crippen molar-refractivity contribution >= 4 is 17.3 Å². The highest BCUT2D eigenvalue weighted by Gasteiger charge is 2.16. The van der Waals surface area contributed by atoms with Crippen molar-refractivity contribution < 1.29 is 9.53 Å². The number of methoxy groups -OCH3 is 1. The van der Waals surface area contributed by atoms with Crippen molar-refractivity contribution in [1.82, 2.24) is 0 Å². The highest BCUT2D eigenvalue weighted by Crippen LogP contribution is 2.24. The average Bonchev–Trinajstić information content (AvgIpc) is 2.62. The summed E-state index contributed by atoms with van der Waals surface area (Å²) in [5, 5.41) is 2.94. The number of hydrogen-bond donors (Lipinski definition) is 1. The predicted molar refractivity (Wildman–Crippen MR) is 98.0 cm³/mol. The molecular weight excluding hydrogens is 300 g/mol. The molecule has 1 N–H and O–H groups in total. The van der Waals surface area contributed by atoms with E-state index in [1.54, 1.807) is 19.2 Å². The van der Waals surface area contributed by atoms with E-state index in [2.05, 4.69) is 29.3 Å². The normalized spacial score (nSPS) is 17.4. The molecule has 0 spiro atoms. The number of ether oxygens (including phenoxy) is 1. The second kappa shape index (κ2) is 7.39. The van der Waals surface area contributed by atoms with Crippen LogP contribution in [0.1, 0.15) is 30.1 Å². The minimum absolute atomic E-state index is 0.131. The van der Waals surface area contributed by atoms with Crippen molar-refractivity contribution in [2.45, 2.75) is 19.8 Å². The molecule has 1 unspecified atom stereocenters. The van der Waals surface area contributed by atoms with Crippen molar-refractivity contribution in [2.75, 3.05) is 30.4 Å². The first-order valence-corrected chi connectivity index (χ1v) is 8.46. The van der Waals surface area contributed by atoms with Crippen LogP contribution < -0.4 is 15.0 Å². The lowest BCUT2D eigenvalue weighted by Gasteiger charge is -2.32. The predicted octanol–water partition coefficient (Wildman–Crippen LogP) is 4.18. The summed E-state index contributed by atoms with van der Waals surface area (Å²) in [7, 11) is 1.59. The Balaban J connectivity index is 1.66. The number of anilines is 2. The summed E-state index contributed by atoms with van der Waals surface area (Å²) in [6.07, 6.45) is 2.56. The molecule has 1 fully saturated rings. The third-order valence-electron chi connectivity index (χ3n) is 4.48. The summed E-state index contributed by atoms with van der Waals surface area (Å²) < 4.78 is 5.16. The van der Waals surface area contributed by atoms with Gasteiger partial charge in [-0.25, -0.2) is 0 Å². The first-order valence-electron chi connectivity index (χ1n) is 8.46. The standard InChI is InChI=1S/C20H24N2O2/c1-15-5-4-12-22(14-15)18-10-8-17(9-11-18)21-20(23)16-6-3-7-19(13-16)24-2/h3,6-11,13,15H,4-5,12,14H2,1-2H3,(H,21,23). The van der Waals surface area contributed by atoms with E-state index < -0.39 is 0 Å². The number of amides is 1. The molecule has 0 radical (unpaired) electrons. The maximum atomic E-state index is 12.3. The molecule has 126 valence electrons. The largest absolute Gasteiger partial charge is 0.497 e. The van der Waals surface area contributed by atoms with Gasteiger partial charge in [-0.15, -0.1) is 0 Å². The highest BCUT2D eigenvalue weighted by atomic mass is 16.5. The number of hydrogen-bond acceptors (Lipinski definition) is 3. The van der Waals surface area contributed by atoms with E-state index in [0.29, 0.717) is 11.3 Å². The van der Waals surface area contributed by atoms with E-state index in [4.69, 9.17) is 4.74 Å². The van der Waals surface area contributed by atoms with Crippen molar-refractivity contribution in [3.05, 3.63) is 54.1 Å². The van der Waals surface area contributed by atoms with E-state index in [9.17, 15) is 4.79 Å². The topological polar surface area (TPSA) is 41.6 Å². The summed E-state index contributed by atoms with van der Waals surface area (Å²) >= 11 is 0. The Morgan fingerprint density at radius 2 is 2.00 bits per heavy atom. The summed E-state index contributed by atoms with van der Waals surface area (Å²) in [6.45, 7) is 4.52. The number of rotatable bonds is 4. The van der Waals surface area contributed by atoms with Crippen LogP contribution >= 0.6 is 0 Å². The smallest absolute Gasteiger partial charge is 0.255 e. The molecule has 1 aliphatic rings. The van der Waals surface area contributed by atoms with Gasteiger partial charge in [-0.3, -0.25) is 4.79 Å². The van der Waals surface area contributed by atoms with Gasteiger partial charge >= 0.3 is 0 Å². The average molecular weight is 324 g/mol. The quantitative estimate of drug-likeness (QED) is 0.917. The number of carbonyl (C=O) groups excluding carboxylic acids is 1. The van der Waals surface area contributed by atoms with Crippen LogP contribution in [0.2, 0.25) is 0 Å². The molecule has 1 saturated heterocycles. The molecule has 1 aliphatic heterocycles. The first-order chi connectivity index (χ1) is 11.7. The van der Waals surface area contributed by atoms with Gasteiger partial charge in [-0.05, 0) is 61.2 Å². The van der Waals surface area contributed by atoms with E-state index in [1.165, 1.54) is 18.5 Å². The lowest BCUT2D eigenvalue weighted by atomic mass is 10.00. The zero-order chi connectivity index (χ0) is 16.9. The fraction of sp³-hybridized carbons (Fsp3) is 0.350. The maximum Gasteiger partial charge on any atom is 0.255 e. The minimum atomic E-state index is -0.131. The van der Waals surface area contributed by atoms with Crippen molar-refractivity contribution in [3.63, 3.8) is 0 Å². The summed E-state index contributed by atoms with van der Waals surface area (Å²) in [5.41, 5.74) is 2.61. The van der Waals surface area contributed by atoms with Crippen LogP contribution in [0.25, 0.3) is 0 Å². The second-order valence-corrected chi connectivity index (χ2v) is 6.43. The van der Waals surface area contributed by atoms with Gasteiger partial charge in [0.25, 0.3) is 5.91 Å². The van der Waals surface area contributed by atoms with E-state index >= 15 is 0 Å². The number of nitrogens with one attached hydrogen (secondary N) is 1. The Bertz CT molecular complexity index is 697. The van der Waals surface area contributed by atoms with Crippen LogP contribution in [0.3, 0.4) is 0 Å². The van der Waals surface area contributed by atoms with Crippen LogP contribution in [0.5, 0.6) is 5.75 Å².